The summed E-state index contributed by atoms with van der Waals surface area (Å²) in [7, 11) is 1.62. The summed E-state index contributed by atoms with van der Waals surface area (Å²) >= 11 is 0. The van der Waals surface area contributed by atoms with Crippen LogP contribution in [0.1, 0.15) is 35.7 Å². The Bertz CT molecular complexity index is 471. The molecule has 0 spiro atoms. The Kier molecular flexibility index (Phi) is 7.41. The zero-order valence-corrected chi connectivity index (χ0v) is 12.0. The van der Waals surface area contributed by atoms with Crippen molar-refractivity contribution in [3.05, 3.63) is 35.4 Å². The molecule has 108 valence electrons. The maximum atomic E-state index is 12.0. The van der Waals surface area contributed by atoms with Crippen LogP contribution >= 0.6 is 0 Å². The quantitative estimate of drug-likeness (QED) is 0.775. The van der Waals surface area contributed by atoms with Gasteiger partial charge in [0.25, 0.3) is 5.91 Å². The third-order valence-electron chi connectivity index (χ3n) is 2.81. The molecule has 4 nitrogen and oxygen atoms in total. The molecule has 1 unspecified atom stereocenters. The van der Waals surface area contributed by atoms with E-state index in [1.165, 1.54) is 0 Å². The van der Waals surface area contributed by atoms with Crippen LogP contribution in [0.25, 0.3) is 0 Å². The van der Waals surface area contributed by atoms with Gasteiger partial charge in [-0.15, -0.1) is 0 Å². The number of carbonyl (C=O) groups excluding carboxylic acids is 1. The van der Waals surface area contributed by atoms with E-state index in [1.54, 1.807) is 31.4 Å². The van der Waals surface area contributed by atoms with E-state index in [2.05, 4.69) is 17.2 Å². The van der Waals surface area contributed by atoms with Crippen molar-refractivity contribution in [2.24, 2.45) is 0 Å². The highest BCUT2D eigenvalue weighted by molar-refractivity contribution is 5.94. The molecule has 2 N–H and O–H groups in total. The van der Waals surface area contributed by atoms with Crippen LogP contribution < -0.4 is 5.32 Å². The minimum absolute atomic E-state index is 0.0246. The Morgan fingerprint density at radius 3 is 2.65 bits per heavy atom. The maximum Gasteiger partial charge on any atom is 0.251 e. The second-order valence-corrected chi connectivity index (χ2v) is 4.39. The van der Waals surface area contributed by atoms with E-state index in [-0.39, 0.29) is 18.6 Å². The zero-order chi connectivity index (χ0) is 14.8. The van der Waals surface area contributed by atoms with Crippen LogP contribution in [0, 0.1) is 11.8 Å². The van der Waals surface area contributed by atoms with E-state index in [0.717, 1.165) is 12.0 Å². The Morgan fingerprint density at radius 2 is 2.10 bits per heavy atom. The number of ether oxygens (including phenoxy) is 1. The van der Waals surface area contributed by atoms with E-state index < -0.39 is 0 Å². The molecule has 1 atom stereocenters. The van der Waals surface area contributed by atoms with Crippen LogP contribution in [0.5, 0.6) is 0 Å². The van der Waals surface area contributed by atoms with E-state index in [1.807, 2.05) is 6.92 Å². The van der Waals surface area contributed by atoms with Gasteiger partial charge in [0.2, 0.25) is 0 Å². The predicted molar refractivity (Wildman–Crippen MR) is 78.4 cm³/mol. The third-order valence-corrected chi connectivity index (χ3v) is 2.81. The summed E-state index contributed by atoms with van der Waals surface area (Å²) in [5.41, 5.74) is 1.44. The lowest BCUT2D eigenvalue weighted by Gasteiger charge is -2.15. The fraction of sp³-hybridized carbons (Fsp3) is 0.438. The summed E-state index contributed by atoms with van der Waals surface area (Å²) in [5.74, 6) is 5.66. The van der Waals surface area contributed by atoms with E-state index >= 15 is 0 Å². The van der Waals surface area contributed by atoms with Gasteiger partial charge in [0.05, 0.1) is 19.3 Å². The Balaban J connectivity index is 2.64. The zero-order valence-electron chi connectivity index (χ0n) is 12.0. The van der Waals surface area contributed by atoms with Gasteiger partial charge in [-0.1, -0.05) is 18.8 Å². The van der Waals surface area contributed by atoms with Crippen molar-refractivity contribution in [2.45, 2.75) is 25.8 Å². The summed E-state index contributed by atoms with van der Waals surface area (Å²) in [5, 5.41) is 11.6. The predicted octanol–water partition coefficient (Wildman–Crippen LogP) is 1.58. The number of carbonyl (C=O) groups is 1. The van der Waals surface area contributed by atoms with Gasteiger partial charge in [-0.2, -0.15) is 0 Å². The second kappa shape index (κ2) is 9.13. The molecule has 0 aliphatic heterocycles. The Morgan fingerprint density at radius 1 is 1.40 bits per heavy atom. The van der Waals surface area contributed by atoms with Crippen molar-refractivity contribution in [1.29, 1.82) is 0 Å². The molecule has 20 heavy (non-hydrogen) atoms. The first-order valence-electron chi connectivity index (χ1n) is 6.70. The van der Waals surface area contributed by atoms with Gasteiger partial charge in [-0.05, 0) is 30.7 Å². The van der Waals surface area contributed by atoms with Crippen LogP contribution in [-0.4, -0.2) is 37.4 Å². The lowest BCUT2D eigenvalue weighted by Crippen LogP contribution is -2.37. The number of amides is 1. The monoisotopic (exact) mass is 275 g/mol. The van der Waals surface area contributed by atoms with Gasteiger partial charge in [0.1, 0.15) is 0 Å². The average Bonchev–Trinajstić information content (AvgIpc) is 2.47. The van der Waals surface area contributed by atoms with Crippen LogP contribution in [0.4, 0.5) is 0 Å². The molecule has 1 aromatic rings. The molecule has 0 aliphatic carbocycles. The van der Waals surface area contributed by atoms with Crippen LogP contribution in [0.2, 0.25) is 0 Å². The number of rotatable bonds is 6. The second-order valence-electron chi connectivity index (χ2n) is 4.39. The first kappa shape index (κ1) is 16.2. The first-order valence-corrected chi connectivity index (χ1v) is 6.70. The van der Waals surface area contributed by atoms with Crippen molar-refractivity contribution in [1.82, 2.24) is 5.32 Å². The number of methoxy groups -OCH3 is 1. The highest BCUT2D eigenvalue weighted by Crippen LogP contribution is 2.04. The number of hydrogen-bond donors (Lipinski definition) is 2. The normalized spacial score (nSPS) is 11.3. The lowest BCUT2D eigenvalue weighted by molar-refractivity contribution is 0.0894. The smallest absolute Gasteiger partial charge is 0.251 e. The molecule has 0 radical (unpaired) electrons. The molecule has 0 saturated carbocycles. The molecule has 1 rings (SSSR count). The maximum absolute atomic E-state index is 12.0. The number of nitrogens with one attached hydrogen (secondary N) is 1. The molecule has 1 amide bonds. The largest absolute Gasteiger partial charge is 0.395 e. The topological polar surface area (TPSA) is 58.6 Å². The molecular weight excluding hydrogens is 254 g/mol. The molecule has 0 fully saturated rings. The molecule has 0 aliphatic rings. The molecule has 4 heteroatoms. The van der Waals surface area contributed by atoms with Crippen molar-refractivity contribution in [3.8, 4) is 11.8 Å². The van der Waals surface area contributed by atoms with Crippen molar-refractivity contribution < 1.29 is 14.6 Å². The van der Waals surface area contributed by atoms with Gasteiger partial charge in [0.15, 0.2) is 0 Å². The van der Waals surface area contributed by atoms with E-state index in [9.17, 15) is 4.79 Å². The van der Waals surface area contributed by atoms with Crippen molar-refractivity contribution >= 4 is 5.91 Å². The van der Waals surface area contributed by atoms with Crippen molar-refractivity contribution in [3.63, 3.8) is 0 Å². The van der Waals surface area contributed by atoms with E-state index in [4.69, 9.17) is 9.84 Å². The summed E-state index contributed by atoms with van der Waals surface area (Å²) < 4.78 is 5.05. The highest BCUT2D eigenvalue weighted by Gasteiger charge is 2.11. The van der Waals surface area contributed by atoms with Gasteiger partial charge >= 0.3 is 0 Å². The summed E-state index contributed by atoms with van der Waals surface area (Å²) in [6, 6.07) is 7.12. The Labute approximate surface area is 120 Å². The van der Waals surface area contributed by atoms with Gasteiger partial charge in [-0.25, -0.2) is 0 Å². The third kappa shape index (κ3) is 5.43. The van der Waals surface area contributed by atoms with Crippen LogP contribution in [-0.2, 0) is 4.74 Å². The van der Waals surface area contributed by atoms with Gasteiger partial charge in [-0.3, -0.25) is 4.79 Å². The average molecular weight is 275 g/mol. The summed E-state index contributed by atoms with van der Waals surface area (Å²) in [6.45, 7) is 2.57. The molecule has 0 heterocycles. The number of aliphatic hydroxyl groups excluding tert-OH is 1. The fourth-order valence-electron chi connectivity index (χ4n) is 1.66. The van der Waals surface area contributed by atoms with Gasteiger partial charge in [0, 0.05) is 24.7 Å². The minimum atomic E-state index is -0.108. The Hall–Kier alpha value is -1.83. The molecule has 0 saturated heterocycles. The van der Waals surface area contributed by atoms with Gasteiger partial charge < -0.3 is 15.2 Å². The number of benzene rings is 1. The minimum Gasteiger partial charge on any atom is -0.395 e. The molecule has 1 aromatic carbocycles. The SMILES string of the molecule is CCC(COC)NC(=O)c1ccc(C#CCCO)cc1. The number of hydrogen-bond acceptors (Lipinski definition) is 3. The fourth-order valence-corrected chi connectivity index (χ4v) is 1.66. The van der Waals surface area contributed by atoms with E-state index in [0.29, 0.717) is 18.6 Å². The molecule has 0 bridgehead atoms. The molecular formula is C16H21NO3. The molecule has 0 aromatic heterocycles. The van der Waals surface area contributed by atoms with Crippen molar-refractivity contribution in [2.75, 3.05) is 20.3 Å². The van der Waals surface area contributed by atoms with Crippen LogP contribution in [0.3, 0.4) is 0 Å². The highest BCUT2D eigenvalue weighted by atomic mass is 16.5. The lowest BCUT2D eigenvalue weighted by atomic mass is 10.1. The summed E-state index contributed by atoms with van der Waals surface area (Å²) in [4.78, 5) is 12.0. The van der Waals surface area contributed by atoms with Crippen LogP contribution in [0.15, 0.2) is 24.3 Å². The number of aliphatic hydroxyl groups is 1. The first-order chi connectivity index (χ1) is 9.71. The summed E-state index contributed by atoms with van der Waals surface area (Å²) in [6.07, 6.45) is 1.28. The standard InChI is InChI=1S/C16H21NO3/c1-3-15(12-20-2)17-16(19)14-9-7-13(8-10-14)6-4-5-11-18/h7-10,15,18H,3,5,11-12H2,1-2H3,(H,17,19).